The topological polar surface area (TPSA) is 46.5 Å². The van der Waals surface area contributed by atoms with E-state index >= 15 is 0 Å². The number of hydrazone groups is 1. The standard InChI is InChI=1S/C16H15N3OS/c1-11-4-3-5-14-15(11)21-16(18-14)19-17-10-12-6-8-13(20-2)9-7-12/h3-10H,1-2H3,(H,18,19)/b17-10+. The first-order chi connectivity index (χ1) is 10.3. The SMILES string of the molecule is COc1ccc(/C=N/Nc2nc3cccc(C)c3s2)cc1. The number of hydrogen-bond donors (Lipinski definition) is 1. The van der Waals surface area contributed by atoms with Crippen molar-refractivity contribution in [3.63, 3.8) is 0 Å². The van der Waals surface area contributed by atoms with Crippen molar-refractivity contribution in [3.8, 4) is 5.75 Å². The molecule has 0 saturated heterocycles. The van der Waals surface area contributed by atoms with Gasteiger partial charge in [0.05, 0.1) is 23.5 Å². The van der Waals surface area contributed by atoms with Gasteiger partial charge in [-0.25, -0.2) is 4.98 Å². The molecule has 2 aromatic carbocycles. The van der Waals surface area contributed by atoms with E-state index in [1.54, 1.807) is 24.7 Å². The van der Waals surface area contributed by atoms with Crippen LogP contribution in [0.25, 0.3) is 10.2 Å². The van der Waals surface area contributed by atoms with Crippen LogP contribution in [0.4, 0.5) is 5.13 Å². The molecule has 0 spiro atoms. The molecule has 1 aromatic heterocycles. The molecule has 0 aliphatic rings. The van der Waals surface area contributed by atoms with Gasteiger partial charge < -0.3 is 4.74 Å². The predicted octanol–water partition coefficient (Wildman–Crippen LogP) is 4.06. The Hall–Kier alpha value is -2.40. The molecule has 4 nitrogen and oxygen atoms in total. The van der Waals surface area contributed by atoms with Gasteiger partial charge in [0.1, 0.15) is 5.75 Å². The zero-order valence-electron chi connectivity index (χ0n) is 11.8. The third-order valence-electron chi connectivity index (χ3n) is 3.10. The zero-order chi connectivity index (χ0) is 14.7. The summed E-state index contributed by atoms with van der Waals surface area (Å²) in [6.45, 7) is 2.09. The maximum Gasteiger partial charge on any atom is 0.204 e. The first kappa shape index (κ1) is 13.6. The van der Waals surface area contributed by atoms with Crippen LogP contribution in [0.3, 0.4) is 0 Å². The van der Waals surface area contributed by atoms with Gasteiger partial charge in [-0.1, -0.05) is 23.5 Å². The highest BCUT2D eigenvalue weighted by Gasteiger charge is 2.04. The van der Waals surface area contributed by atoms with Gasteiger partial charge in [0.15, 0.2) is 0 Å². The van der Waals surface area contributed by atoms with E-state index in [2.05, 4.69) is 28.5 Å². The van der Waals surface area contributed by atoms with E-state index in [0.29, 0.717) is 0 Å². The van der Waals surface area contributed by atoms with Crippen LogP contribution in [0.1, 0.15) is 11.1 Å². The third-order valence-corrected chi connectivity index (χ3v) is 4.21. The van der Waals surface area contributed by atoms with E-state index in [1.165, 1.54) is 10.3 Å². The van der Waals surface area contributed by atoms with E-state index in [9.17, 15) is 0 Å². The van der Waals surface area contributed by atoms with E-state index in [1.807, 2.05) is 36.4 Å². The van der Waals surface area contributed by atoms with Crippen LogP contribution in [-0.4, -0.2) is 18.3 Å². The number of rotatable bonds is 4. The molecule has 21 heavy (non-hydrogen) atoms. The molecule has 1 N–H and O–H groups in total. The molecule has 0 fully saturated rings. The van der Waals surface area contributed by atoms with Crippen LogP contribution in [0.5, 0.6) is 5.75 Å². The van der Waals surface area contributed by atoms with Crippen molar-refractivity contribution >= 4 is 32.9 Å². The molecule has 0 radical (unpaired) electrons. The molecule has 0 aliphatic carbocycles. The number of aromatic nitrogens is 1. The summed E-state index contributed by atoms with van der Waals surface area (Å²) in [5.74, 6) is 0.835. The molecule has 0 saturated carbocycles. The summed E-state index contributed by atoms with van der Waals surface area (Å²) < 4.78 is 6.31. The fraction of sp³-hybridized carbons (Fsp3) is 0.125. The lowest BCUT2D eigenvalue weighted by Crippen LogP contribution is -1.90. The minimum atomic E-state index is 0.795. The maximum atomic E-state index is 5.12. The van der Waals surface area contributed by atoms with Crippen LogP contribution in [0.15, 0.2) is 47.6 Å². The Labute approximate surface area is 127 Å². The zero-order valence-corrected chi connectivity index (χ0v) is 12.6. The number of benzene rings is 2. The second kappa shape index (κ2) is 5.93. The highest BCUT2D eigenvalue weighted by Crippen LogP contribution is 2.28. The Morgan fingerprint density at radius 3 is 2.71 bits per heavy atom. The Morgan fingerprint density at radius 1 is 1.19 bits per heavy atom. The van der Waals surface area contributed by atoms with Crippen molar-refractivity contribution in [1.82, 2.24) is 4.98 Å². The molecule has 0 atom stereocenters. The molecule has 0 unspecified atom stereocenters. The smallest absolute Gasteiger partial charge is 0.204 e. The number of fused-ring (bicyclic) bond motifs is 1. The van der Waals surface area contributed by atoms with Gasteiger partial charge in [0.2, 0.25) is 5.13 Å². The number of aryl methyl sites for hydroxylation is 1. The monoisotopic (exact) mass is 297 g/mol. The van der Waals surface area contributed by atoms with E-state index in [4.69, 9.17) is 4.74 Å². The maximum absolute atomic E-state index is 5.12. The summed E-state index contributed by atoms with van der Waals surface area (Å²) >= 11 is 1.61. The number of methoxy groups -OCH3 is 1. The number of nitrogens with one attached hydrogen (secondary N) is 1. The number of thiazole rings is 1. The summed E-state index contributed by atoms with van der Waals surface area (Å²) in [6, 6.07) is 13.8. The van der Waals surface area contributed by atoms with E-state index in [0.717, 1.165) is 22.0 Å². The van der Waals surface area contributed by atoms with Crippen molar-refractivity contribution < 1.29 is 4.74 Å². The highest BCUT2D eigenvalue weighted by atomic mass is 32.1. The second-order valence-electron chi connectivity index (χ2n) is 4.59. The minimum absolute atomic E-state index is 0.795. The molecule has 1 heterocycles. The third kappa shape index (κ3) is 3.03. The van der Waals surface area contributed by atoms with E-state index in [-0.39, 0.29) is 0 Å². The van der Waals surface area contributed by atoms with Gasteiger partial charge in [0.25, 0.3) is 0 Å². The minimum Gasteiger partial charge on any atom is -0.497 e. The number of nitrogens with zero attached hydrogens (tertiary/aromatic N) is 2. The highest BCUT2D eigenvalue weighted by molar-refractivity contribution is 7.22. The normalized spacial score (nSPS) is 11.1. The average molecular weight is 297 g/mol. The Kier molecular flexibility index (Phi) is 3.83. The van der Waals surface area contributed by atoms with Crippen LogP contribution < -0.4 is 10.2 Å². The Morgan fingerprint density at radius 2 is 2.00 bits per heavy atom. The molecule has 3 aromatic rings. The van der Waals surface area contributed by atoms with Crippen molar-refractivity contribution in [2.45, 2.75) is 6.92 Å². The van der Waals surface area contributed by atoms with Crippen molar-refractivity contribution in [2.75, 3.05) is 12.5 Å². The summed E-state index contributed by atoms with van der Waals surface area (Å²) in [5, 5.41) is 5.02. The lowest BCUT2D eigenvalue weighted by molar-refractivity contribution is 0.415. The first-order valence-corrected chi connectivity index (χ1v) is 7.37. The fourth-order valence-electron chi connectivity index (χ4n) is 1.99. The summed E-state index contributed by atoms with van der Waals surface area (Å²) in [4.78, 5) is 4.51. The van der Waals surface area contributed by atoms with Gasteiger partial charge in [0, 0.05) is 0 Å². The largest absolute Gasteiger partial charge is 0.497 e. The lowest BCUT2D eigenvalue weighted by atomic mass is 10.2. The number of ether oxygens (including phenoxy) is 1. The van der Waals surface area contributed by atoms with E-state index < -0.39 is 0 Å². The number of anilines is 1. The molecule has 3 rings (SSSR count). The van der Waals surface area contributed by atoms with Gasteiger partial charge in [-0.05, 0) is 48.4 Å². The van der Waals surface area contributed by atoms with Crippen LogP contribution in [-0.2, 0) is 0 Å². The van der Waals surface area contributed by atoms with Crippen LogP contribution >= 0.6 is 11.3 Å². The molecule has 0 bridgehead atoms. The molecule has 0 aliphatic heterocycles. The fourth-order valence-corrected chi connectivity index (χ4v) is 2.87. The summed E-state index contributed by atoms with van der Waals surface area (Å²) in [5.41, 5.74) is 6.22. The van der Waals surface area contributed by atoms with Crippen molar-refractivity contribution in [1.29, 1.82) is 0 Å². The van der Waals surface area contributed by atoms with Gasteiger partial charge in [-0.2, -0.15) is 5.10 Å². The second-order valence-corrected chi connectivity index (χ2v) is 5.58. The molecular formula is C16H15N3OS. The van der Waals surface area contributed by atoms with Crippen molar-refractivity contribution in [3.05, 3.63) is 53.6 Å². The van der Waals surface area contributed by atoms with Crippen LogP contribution in [0.2, 0.25) is 0 Å². The Bertz CT molecular complexity index is 778. The molecule has 106 valence electrons. The van der Waals surface area contributed by atoms with Gasteiger partial charge >= 0.3 is 0 Å². The first-order valence-electron chi connectivity index (χ1n) is 6.55. The van der Waals surface area contributed by atoms with Crippen molar-refractivity contribution in [2.24, 2.45) is 5.10 Å². The average Bonchev–Trinajstić information content (AvgIpc) is 2.92. The lowest BCUT2D eigenvalue weighted by Gasteiger charge is -1.98. The summed E-state index contributed by atoms with van der Waals surface area (Å²) in [6.07, 6.45) is 1.76. The number of hydrogen-bond acceptors (Lipinski definition) is 5. The van der Waals surface area contributed by atoms with Crippen LogP contribution in [0, 0.1) is 6.92 Å². The molecular weight excluding hydrogens is 282 g/mol. The summed E-state index contributed by atoms with van der Waals surface area (Å²) in [7, 11) is 1.65. The quantitative estimate of drug-likeness (QED) is 0.583. The molecule has 5 heteroatoms. The van der Waals surface area contributed by atoms with Gasteiger partial charge in [-0.15, -0.1) is 0 Å². The predicted molar refractivity (Wildman–Crippen MR) is 88.6 cm³/mol. The molecule has 0 amide bonds. The Balaban J connectivity index is 1.73. The van der Waals surface area contributed by atoms with Gasteiger partial charge in [-0.3, -0.25) is 5.43 Å².